The highest BCUT2D eigenvalue weighted by Crippen LogP contribution is 2.57. The minimum atomic E-state index is -1.72. The number of carbonyl (C=O) groups is 1. The van der Waals surface area contributed by atoms with E-state index in [1.54, 1.807) is 0 Å². The van der Waals surface area contributed by atoms with Crippen molar-refractivity contribution >= 4 is 14.6 Å². The van der Waals surface area contributed by atoms with Crippen LogP contribution in [0.15, 0.2) is 0 Å². The zero-order valence-corrected chi connectivity index (χ0v) is 18.2. The summed E-state index contributed by atoms with van der Waals surface area (Å²) in [4.78, 5) is 11.1. The van der Waals surface area contributed by atoms with Gasteiger partial charge in [0, 0.05) is 12.5 Å². The summed E-state index contributed by atoms with van der Waals surface area (Å²) >= 11 is 0. The minimum Gasteiger partial charge on any atom is -0.414 e. The van der Waals surface area contributed by atoms with Gasteiger partial charge < -0.3 is 9.22 Å². The maximum Gasteiger partial charge on any atom is 0.192 e. The molecule has 2 aliphatic rings. The molecule has 3 heteroatoms. The second-order valence-electron chi connectivity index (χ2n) is 10.3. The van der Waals surface area contributed by atoms with Crippen LogP contribution in [0.2, 0.25) is 18.1 Å². The van der Waals surface area contributed by atoms with Crippen LogP contribution in [-0.2, 0) is 9.22 Å². The summed E-state index contributed by atoms with van der Waals surface area (Å²) in [6.07, 6.45) is 10.1. The molecule has 0 aromatic rings. The van der Waals surface area contributed by atoms with Crippen molar-refractivity contribution < 1.29 is 9.22 Å². The summed E-state index contributed by atoms with van der Waals surface area (Å²) in [5.41, 5.74) is 0.367. The van der Waals surface area contributed by atoms with Gasteiger partial charge in [0.25, 0.3) is 0 Å². The van der Waals surface area contributed by atoms with Gasteiger partial charge in [0.1, 0.15) is 6.29 Å². The van der Waals surface area contributed by atoms with Crippen molar-refractivity contribution in [3.05, 3.63) is 0 Å². The Morgan fingerprint density at radius 3 is 2.46 bits per heavy atom. The SMILES string of the molecule is CC(CC=O)[C@H]1CCC[C@H]2[C@@H](O[Si](C)(C)C(C)(C)C)CCC[C@]12C. The Labute approximate surface area is 151 Å². The molecule has 1 unspecified atom stereocenters. The molecule has 2 nitrogen and oxygen atoms in total. The smallest absolute Gasteiger partial charge is 0.192 e. The van der Waals surface area contributed by atoms with Gasteiger partial charge in [-0.3, -0.25) is 0 Å². The summed E-state index contributed by atoms with van der Waals surface area (Å²) in [6.45, 7) is 16.6. The van der Waals surface area contributed by atoms with Crippen LogP contribution < -0.4 is 0 Å². The van der Waals surface area contributed by atoms with Gasteiger partial charge in [0.05, 0.1) is 0 Å². The van der Waals surface area contributed by atoms with E-state index in [9.17, 15) is 4.79 Å². The van der Waals surface area contributed by atoms with Gasteiger partial charge in [-0.1, -0.05) is 47.5 Å². The molecule has 0 amide bonds. The van der Waals surface area contributed by atoms with Gasteiger partial charge in [-0.15, -0.1) is 0 Å². The Hall–Kier alpha value is -0.153. The first-order chi connectivity index (χ1) is 11.0. The van der Waals surface area contributed by atoms with E-state index in [4.69, 9.17) is 4.43 Å². The lowest BCUT2D eigenvalue weighted by Crippen LogP contribution is -2.54. The average Bonchev–Trinajstić information content (AvgIpc) is 2.45. The Bertz CT molecular complexity index is 440. The topological polar surface area (TPSA) is 26.3 Å². The van der Waals surface area contributed by atoms with E-state index in [1.807, 2.05) is 0 Å². The summed E-state index contributed by atoms with van der Waals surface area (Å²) in [5, 5.41) is 0.278. The average molecular weight is 353 g/mol. The highest BCUT2D eigenvalue weighted by Gasteiger charge is 2.52. The molecule has 0 bridgehead atoms. The Morgan fingerprint density at radius 1 is 1.21 bits per heavy atom. The van der Waals surface area contributed by atoms with Crippen molar-refractivity contribution in [1.29, 1.82) is 0 Å². The minimum absolute atomic E-state index is 0.278. The van der Waals surface area contributed by atoms with Crippen LogP contribution in [0.3, 0.4) is 0 Å². The second-order valence-corrected chi connectivity index (χ2v) is 15.1. The Balaban J connectivity index is 2.21. The van der Waals surface area contributed by atoms with Crippen molar-refractivity contribution in [2.24, 2.45) is 23.2 Å². The lowest BCUT2D eigenvalue weighted by Gasteiger charge is -2.56. The van der Waals surface area contributed by atoms with Crippen LogP contribution in [0.5, 0.6) is 0 Å². The van der Waals surface area contributed by atoms with Gasteiger partial charge in [-0.25, -0.2) is 0 Å². The molecule has 0 spiro atoms. The molecule has 0 N–H and O–H groups in total. The van der Waals surface area contributed by atoms with Crippen molar-refractivity contribution in [3.63, 3.8) is 0 Å². The Morgan fingerprint density at radius 2 is 1.88 bits per heavy atom. The van der Waals surface area contributed by atoms with Crippen LogP contribution in [-0.4, -0.2) is 20.7 Å². The molecule has 0 heterocycles. The maximum atomic E-state index is 11.1. The van der Waals surface area contributed by atoms with Gasteiger partial charge in [-0.05, 0) is 67.0 Å². The fourth-order valence-corrected chi connectivity index (χ4v) is 6.70. The van der Waals surface area contributed by atoms with E-state index >= 15 is 0 Å². The number of hydrogen-bond acceptors (Lipinski definition) is 2. The molecule has 24 heavy (non-hydrogen) atoms. The lowest BCUT2D eigenvalue weighted by atomic mass is 9.52. The molecule has 2 saturated carbocycles. The number of carbonyl (C=O) groups excluding carboxylic acids is 1. The van der Waals surface area contributed by atoms with Gasteiger partial charge in [0.2, 0.25) is 0 Å². The van der Waals surface area contributed by atoms with Crippen molar-refractivity contribution in [1.82, 2.24) is 0 Å². The third-order valence-corrected chi connectivity index (χ3v) is 12.3. The molecule has 0 aromatic carbocycles. The van der Waals surface area contributed by atoms with Crippen LogP contribution in [0.1, 0.15) is 79.6 Å². The highest BCUT2D eigenvalue weighted by atomic mass is 28.4. The molecule has 0 saturated heterocycles. The summed E-state index contributed by atoms with van der Waals surface area (Å²) in [5.74, 6) is 1.89. The number of aldehydes is 1. The van der Waals surface area contributed by atoms with Crippen molar-refractivity contribution in [2.45, 2.75) is 104 Å². The fourth-order valence-electron chi connectivity index (χ4n) is 5.31. The van der Waals surface area contributed by atoms with Crippen LogP contribution >= 0.6 is 0 Å². The first-order valence-corrected chi connectivity index (χ1v) is 13.0. The third-order valence-electron chi connectivity index (χ3n) is 7.78. The predicted molar refractivity (Wildman–Crippen MR) is 105 cm³/mol. The Kier molecular flexibility index (Phi) is 6.07. The van der Waals surface area contributed by atoms with E-state index < -0.39 is 8.32 Å². The zero-order chi connectivity index (χ0) is 18.2. The molecule has 0 aliphatic heterocycles. The van der Waals surface area contributed by atoms with E-state index in [2.05, 4.69) is 47.7 Å². The van der Waals surface area contributed by atoms with Crippen LogP contribution in [0.4, 0.5) is 0 Å². The molecule has 140 valence electrons. The van der Waals surface area contributed by atoms with Crippen LogP contribution in [0, 0.1) is 23.2 Å². The molecular weight excluding hydrogens is 312 g/mol. The highest BCUT2D eigenvalue weighted by molar-refractivity contribution is 6.74. The molecule has 2 fully saturated rings. The van der Waals surface area contributed by atoms with E-state index in [1.165, 1.54) is 38.5 Å². The first-order valence-electron chi connectivity index (χ1n) is 10.1. The summed E-state index contributed by atoms with van der Waals surface area (Å²) in [6, 6.07) is 0. The molecule has 2 aliphatic carbocycles. The lowest BCUT2D eigenvalue weighted by molar-refractivity contribution is -0.112. The van der Waals surface area contributed by atoms with Crippen molar-refractivity contribution in [2.75, 3.05) is 0 Å². The summed E-state index contributed by atoms with van der Waals surface area (Å²) < 4.78 is 6.94. The van der Waals surface area contributed by atoms with Crippen molar-refractivity contribution in [3.8, 4) is 0 Å². The van der Waals surface area contributed by atoms with E-state index in [0.717, 1.165) is 12.7 Å². The molecular formula is C21H40O2Si. The zero-order valence-electron chi connectivity index (χ0n) is 17.2. The number of fused-ring (bicyclic) bond motifs is 1. The first kappa shape index (κ1) is 20.2. The molecule has 2 rings (SSSR count). The number of hydrogen-bond donors (Lipinski definition) is 0. The van der Waals surface area contributed by atoms with E-state index in [-0.39, 0.29) is 5.04 Å². The standard InChI is InChI=1S/C21H40O2Si/c1-16(13-15-22)17-10-8-11-18-19(12-9-14-21(17,18)5)23-24(6,7)20(2,3)4/h15-19H,8-14H2,1-7H3/t16?,17-,18+,19+,21-/m1/s1. The van der Waals surface area contributed by atoms with Crippen LogP contribution in [0.25, 0.3) is 0 Å². The monoisotopic (exact) mass is 352 g/mol. The maximum absolute atomic E-state index is 11.1. The molecule has 0 aromatic heterocycles. The van der Waals surface area contributed by atoms with Gasteiger partial charge in [-0.2, -0.15) is 0 Å². The summed E-state index contributed by atoms with van der Waals surface area (Å²) in [7, 11) is -1.72. The number of rotatable bonds is 5. The normalized spacial score (nSPS) is 36.0. The fraction of sp³-hybridized carbons (Fsp3) is 0.952. The predicted octanol–water partition coefficient (Wildman–Crippen LogP) is 6.21. The third kappa shape index (κ3) is 3.82. The molecule has 5 atom stereocenters. The molecule has 0 radical (unpaired) electrons. The van der Waals surface area contributed by atoms with Gasteiger partial charge >= 0.3 is 0 Å². The largest absolute Gasteiger partial charge is 0.414 e. The van der Waals surface area contributed by atoms with Gasteiger partial charge in [0.15, 0.2) is 8.32 Å². The second kappa shape index (κ2) is 7.23. The van der Waals surface area contributed by atoms with E-state index in [0.29, 0.717) is 29.3 Å². The quantitative estimate of drug-likeness (QED) is 0.434.